The molecule has 146 valence electrons. The summed E-state index contributed by atoms with van der Waals surface area (Å²) in [7, 11) is -3.39. The van der Waals surface area contributed by atoms with Gasteiger partial charge in [0.05, 0.1) is 15.5 Å². The SMILES string of the molecule is CS(=O)(=O)c1ccc(C(=O)Nc2cccc(-c3cc4ccccc4s3)c2)c(Cl)c1. The summed E-state index contributed by atoms with van der Waals surface area (Å²) in [6.45, 7) is 0. The largest absolute Gasteiger partial charge is 0.322 e. The smallest absolute Gasteiger partial charge is 0.257 e. The zero-order valence-electron chi connectivity index (χ0n) is 15.3. The summed E-state index contributed by atoms with van der Waals surface area (Å²) in [6.07, 6.45) is 1.10. The Morgan fingerprint density at radius 1 is 0.966 bits per heavy atom. The summed E-state index contributed by atoms with van der Waals surface area (Å²) in [6, 6.07) is 22.0. The highest BCUT2D eigenvalue weighted by atomic mass is 35.5. The first-order valence-electron chi connectivity index (χ1n) is 8.71. The van der Waals surface area contributed by atoms with Gasteiger partial charge in [0, 0.05) is 21.5 Å². The van der Waals surface area contributed by atoms with Gasteiger partial charge in [-0.25, -0.2) is 8.42 Å². The number of hydrogen-bond donors (Lipinski definition) is 1. The molecule has 0 fully saturated rings. The molecule has 1 N–H and O–H groups in total. The van der Waals surface area contributed by atoms with E-state index in [9.17, 15) is 13.2 Å². The predicted molar refractivity (Wildman–Crippen MR) is 120 cm³/mol. The monoisotopic (exact) mass is 441 g/mol. The van der Waals surface area contributed by atoms with Crippen molar-refractivity contribution in [2.75, 3.05) is 11.6 Å². The normalized spacial score (nSPS) is 11.5. The van der Waals surface area contributed by atoms with E-state index in [0.717, 1.165) is 16.7 Å². The number of anilines is 1. The third-order valence-corrected chi connectivity index (χ3v) is 7.03. The molecule has 1 heterocycles. The molecule has 0 saturated carbocycles. The van der Waals surface area contributed by atoms with E-state index >= 15 is 0 Å². The number of hydrogen-bond acceptors (Lipinski definition) is 4. The highest BCUT2D eigenvalue weighted by Gasteiger charge is 2.15. The number of carbonyl (C=O) groups excluding carboxylic acids is 1. The van der Waals surface area contributed by atoms with Crippen LogP contribution in [0.3, 0.4) is 0 Å². The first-order valence-corrected chi connectivity index (χ1v) is 11.8. The number of thiophene rings is 1. The van der Waals surface area contributed by atoms with Crippen LogP contribution in [0.1, 0.15) is 10.4 Å². The Kier molecular flexibility index (Phi) is 5.17. The van der Waals surface area contributed by atoms with Gasteiger partial charge in [0.15, 0.2) is 9.84 Å². The van der Waals surface area contributed by atoms with Gasteiger partial charge in [-0.3, -0.25) is 4.79 Å². The van der Waals surface area contributed by atoms with E-state index in [1.54, 1.807) is 17.4 Å². The summed E-state index contributed by atoms with van der Waals surface area (Å²) in [5, 5.41) is 4.10. The van der Waals surface area contributed by atoms with E-state index in [4.69, 9.17) is 11.6 Å². The minimum Gasteiger partial charge on any atom is -0.322 e. The standard InChI is InChI=1S/C22H16ClNO3S2/c1-29(26,27)17-9-10-18(19(23)13-17)22(25)24-16-7-4-6-14(11-16)21-12-15-5-2-3-8-20(15)28-21/h2-13H,1H3,(H,24,25). The van der Waals surface area contributed by atoms with Crippen LogP contribution >= 0.6 is 22.9 Å². The van der Waals surface area contributed by atoms with Crippen molar-refractivity contribution in [3.8, 4) is 10.4 Å². The fourth-order valence-electron chi connectivity index (χ4n) is 2.98. The fourth-order valence-corrected chi connectivity index (χ4v) is 5.02. The zero-order valence-corrected chi connectivity index (χ0v) is 17.7. The molecule has 0 saturated heterocycles. The van der Waals surface area contributed by atoms with E-state index in [1.165, 1.54) is 28.3 Å². The fraction of sp³-hybridized carbons (Fsp3) is 0.0455. The molecule has 0 bridgehead atoms. The van der Waals surface area contributed by atoms with Crippen molar-refractivity contribution >= 4 is 54.5 Å². The Morgan fingerprint density at radius 2 is 1.76 bits per heavy atom. The quantitative estimate of drug-likeness (QED) is 0.430. The van der Waals surface area contributed by atoms with Gasteiger partial charge in [0.1, 0.15) is 0 Å². The molecule has 0 spiro atoms. The molecule has 4 rings (SSSR count). The Balaban J connectivity index is 1.60. The molecule has 7 heteroatoms. The minimum absolute atomic E-state index is 0.0748. The number of halogens is 1. The second-order valence-electron chi connectivity index (χ2n) is 6.60. The van der Waals surface area contributed by atoms with Crippen LogP contribution in [0, 0.1) is 0 Å². The molecule has 3 aromatic carbocycles. The molecule has 1 amide bonds. The van der Waals surface area contributed by atoms with Crippen molar-refractivity contribution in [1.29, 1.82) is 0 Å². The van der Waals surface area contributed by atoms with Crippen LogP contribution in [-0.2, 0) is 9.84 Å². The van der Waals surface area contributed by atoms with Gasteiger partial charge in [0.25, 0.3) is 5.91 Å². The van der Waals surface area contributed by atoms with E-state index in [1.807, 2.05) is 30.3 Å². The summed E-state index contributed by atoms with van der Waals surface area (Å²) >= 11 is 7.84. The Labute approximate surface area is 177 Å². The number of benzene rings is 3. The minimum atomic E-state index is -3.39. The van der Waals surface area contributed by atoms with E-state index in [2.05, 4.69) is 23.5 Å². The van der Waals surface area contributed by atoms with E-state index in [0.29, 0.717) is 5.69 Å². The second-order valence-corrected chi connectivity index (χ2v) is 10.1. The highest BCUT2D eigenvalue weighted by molar-refractivity contribution is 7.90. The van der Waals surface area contributed by atoms with Crippen molar-refractivity contribution in [3.63, 3.8) is 0 Å². The molecule has 0 aliphatic heterocycles. The van der Waals surface area contributed by atoms with Gasteiger partial charge in [0.2, 0.25) is 0 Å². The zero-order chi connectivity index (χ0) is 20.6. The van der Waals surface area contributed by atoms with Gasteiger partial charge < -0.3 is 5.32 Å². The predicted octanol–water partition coefficient (Wildman–Crippen LogP) is 5.88. The second kappa shape index (κ2) is 7.63. The summed E-state index contributed by atoms with van der Waals surface area (Å²) in [5.41, 5.74) is 1.85. The maximum atomic E-state index is 12.6. The molecular formula is C22H16ClNO3S2. The lowest BCUT2D eigenvalue weighted by atomic mass is 10.1. The molecule has 0 atom stereocenters. The number of rotatable bonds is 4. The lowest BCUT2D eigenvalue weighted by Crippen LogP contribution is -2.13. The molecule has 1 aromatic heterocycles. The van der Waals surface area contributed by atoms with Gasteiger partial charge in [-0.05, 0) is 53.4 Å². The van der Waals surface area contributed by atoms with Crippen molar-refractivity contribution in [1.82, 2.24) is 0 Å². The number of sulfone groups is 1. The Hall–Kier alpha value is -2.67. The molecule has 4 nitrogen and oxygen atoms in total. The van der Waals surface area contributed by atoms with Crippen LogP contribution in [0.5, 0.6) is 0 Å². The van der Waals surface area contributed by atoms with Crippen LogP contribution in [0.15, 0.2) is 77.7 Å². The third-order valence-electron chi connectivity index (χ3n) is 4.44. The molecule has 0 unspecified atom stereocenters. The van der Waals surface area contributed by atoms with Crippen molar-refractivity contribution in [2.45, 2.75) is 4.90 Å². The lowest BCUT2D eigenvalue weighted by Gasteiger charge is -2.09. The van der Waals surface area contributed by atoms with Crippen molar-refractivity contribution < 1.29 is 13.2 Å². The molecule has 0 aliphatic rings. The average molecular weight is 442 g/mol. The van der Waals surface area contributed by atoms with E-state index in [-0.39, 0.29) is 15.5 Å². The van der Waals surface area contributed by atoms with Crippen LogP contribution in [0.25, 0.3) is 20.5 Å². The highest BCUT2D eigenvalue weighted by Crippen LogP contribution is 2.34. The maximum absolute atomic E-state index is 12.6. The van der Waals surface area contributed by atoms with Crippen molar-refractivity contribution in [2.24, 2.45) is 0 Å². The number of amides is 1. The number of carbonyl (C=O) groups is 1. The lowest BCUT2D eigenvalue weighted by molar-refractivity contribution is 0.102. The summed E-state index contributed by atoms with van der Waals surface area (Å²) in [5.74, 6) is -0.399. The summed E-state index contributed by atoms with van der Waals surface area (Å²) in [4.78, 5) is 13.8. The molecular weight excluding hydrogens is 426 g/mol. The molecule has 0 aliphatic carbocycles. The topological polar surface area (TPSA) is 63.2 Å². The Bertz CT molecular complexity index is 1310. The van der Waals surface area contributed by atoms with Gasteiger partial charge in [-0.15, -0.1) is 11.3 Å². The van der Waals surface area contributed by atoms with Crippen LogP contribution in [0.4, 0.5) is 5.69 Å². The maximum Gasteiger partial charge on any atom is 0.257 e. The van der Waals surface area contributed by atoms with Gasteiger partial charge in [-0.2, -0.15) is 0 Å². The van der Waals surface area contributed by atoms with Crippen LogP contribution in [0.2, 0.25) is 5.02 Å². The van der Waals surface area contributed by atoms with Crippen molar-refractivity contribution in [3.05, 3.63) is 83.4 Å². The van der Waals surface area contributed by atoms with Gasteiger partial charge in [-0.1, -0.05) is 41.9 Å². The van der Waals surface area contributed by atoms with Crippen LogP contribution < -0.4 is 5.32 Å². The summed E-state index contributed by atoms with van der Waals surface area (Å²) < 4.78 is 24.5. The third kappa shape index (κ3) is 4.19. The molecule has 29 heavy (non-hydrogen) atoms. The first-order chi connectivity index (χ1) is 13.8. The average Bonchev–Trinajstić information content (AvgIpc) is 3.11. The molecule has 4 aromatic rings. The van der Waals surface area contributed by atoms with E-state index < -0.39 is 15.7 Å². The number of nitrogens with one attached hydrogen (secondary N) is 1. The first kappa shape index (κ1) is 19.6. The molecule has 0 radical (unpaired) electrons. The van der Waals surface area contributed by atoms with Crippen LogP contribution in [-0.4, -0.2) is 20.6 Å². The van der Waals surface area contributed by atoms with Gasteiger partial charge >= 0.3 is 0 Å². The Morgan fingerprint density at radius 3 is 2.48 bits per heavy atom. The number of fused-ring (bicyclic) bond motifs is 1.